The van der Waals surface area contributed by atoms with Crippen LogP contribution in [0.5, 0.6) is 0 Å². The SMILES string of the molecule is Fc1ccc(NC(=S)NNC(=S)NC[C@@H]2CCCO2)cc1. The summed E-state index contributed by atoms with van der Waals surface area (Å²) < 4.78 is 18.2. The molecule has 1 aromatic rings. The smallest absolute Gasteiger partial charge is 0.189 e. The van der Waals surface area contributed by atoms with Gasteiger partial charge in [0.25, 0.3) is 0 Å². The third-order valence-electron chi connectivity index (χ3n) is 2.91. The van der Waals surface area contributed by atoms with Crippen molar-refractivity contribution in [3.63, 3.8) is 0 Å². The van der Waals surface area contributed by atoms with Crippen LogP contribution in [0.3, 0.4) is 0 Å². The maximum absolute atomic E-state index is 12.8. The second-order valence-electron chi connectivity index (χ2n) is 4.56. The Morgan fingerprint density at radius 2 is 1.90 bits per heavy atom. The van der Waals surface area contributed by atoms with Gasteiger partial charge in [0.05, 0.1) is 6.10 Å². The van der Waals surface area contributed by atoms with Crippen LogP contribution in [0.25, 0.3) is 0 Å². The lowest BCUT2D eigenvalue weighted by molar-refractivity contribution is 0.114. The Morgan fingerprint density at radius 3 is 2.57 bits per heavy atom. The summed E-state index contributed by atoms with van der Waals surface area (Å²) in [5.41, 5.74) is 6.22. The van der Waals surface area contributed by atoms with Gasteiger partial charge in [-0.3, -0.25) is 10.9 Å². The Balaban J connectivity index is 1.63. The molecule has 1 aliphatic rings. The highest BCUT2D eigenvalue weighted by molar-refractivity contribution is 7.80. The van der Waals surface area contributed by atoms with Crippen molar-refractivity contribution < 1.29 is 9.13 Å². The van der Waals surface area contributed by atoms with Gasteiger partial charge in [-0.15, -0.1) is 0 Å². The zero-order valence-corrected chi connectivity index (χ0v) is 13.0. The lowest BCUT2D eigenvalue weighted by atomic mass is 10.2. The summed E-state index contributed by atoms with van der Waals surface area (Å²) in [4.78, 5) is 0. The predicted octanol–water partition coefficient (Wildman–Crippen LogP) is 1.67. The minimum absolute atomic E-state index is 0.217. The van der Waals surface area contributed by atoms with Gasteiger partial charge in [0, 0.05) is 18.8 Å². The van der Waals surface area contributed by atoms with Crippen LogP contribution < -0.4 is 21.5 Å². The molecule has 2 rings (SSSR count). The van der Waals surface area contributed by atoms with E-state index in [0.717, 1.165) is 19.4 Å². The molecule has 21 heavy (non-hydrogen) atoms. The maximum Gasteiger partial charge on any atom is 0.189 e. The summed E-state index contributed by atoms with van der Waals surface area (Å²) in [6, 6.07) is 5.90. The first-order valence-electron chi connectivity index (χ1n) is 6.61. The third-order valence-corrected chi connectivity index (χ3v) is 3.36. The molecule has 1 fully saturated rings. The molecular formula is C13H17FN4OS2. The number of halogens is 1. The zero-order valence-electron chi connectivity index (χ0n) is 11.3. The topological polar surface area (TPSA) is 57.3 Å². The number of hydrogen-bond donors (Lipinski definition) is 4. The van der Waals surface area contributed by atoms with Gasteiger partial charge in [-0.2, -0.15) is 0 Å². The molecule has 0 bridgehead atoms. The second-order valence-corrected chi connectivity index (χ2v) is 5.37. The molecule has 5 nitrogen and oxygen atoms in total. The van der Waals surface area contributed by atoms with Crippen molar-refractivity contribution in [1.29, 1.82) is 0 Å². The molecule has 1 aliphatic heterocycles. The van der Waals surface area contributed by atoms with E-state index in [9.17, 15) is 4.39 Å². The minimum atomic E-state index is -0.294. The molecule has 0 unspecified atom stereocenters. The fraction of sp³-hybridized carbons (Fsp3) is 0.385. The monoisotopic (exact) mass is 328 g/mol. The summed E-state index contributed by atoms with van der Waals surface area (Å²) in [6.07, 6.45) is 2.36. The summed E-state index contributed by atoms with van der Waals surface area (Å²) in [7, 11) is 0. The van der Waals surface area contributed by atoms with Crippen LogP contribution in [-0.2, 0) is 4.74 Å². The van der Waals surface area contributed by atoms with E-state index < -0.39 is 0 Å². The van der Waals surface area contributed by atoms with E-state index in [0.29, 0.717) is 22.5 Å². The Morgan fingerprint density at radius 1 is 1.19 bits per heavy atom. The average Bonchev–Trinajstić information content (AvgIpc) is 2.99. The lowest BCUT2D eigenvalue weighted by Gasteiger charge is -2.16. The van der Waals surface area contributed by atoms with Gasteiger partial charge in [-0.05, 0) is 61.5 Å². The summed E-state index contributed by atoms with van der Waals surface area (Å²) in [6.45, 7) is 1.49. The Hall–Kier alpha value is -1.51. The third kappa shape index (κ3) is 5.78. The Labute approximate surface area is 133 Å². The van der Waals surface area contributed by atoms with Gasteiger partial charge in [0.15, 0.2) is 10.2 Å². The fourth-order valence-electron chi connectivity index (χ4n) is 1.87. The van der Waals surface area contributed by atoms with Crippen LogP contribution in [0.1, 0.15) is 12.8 Å². The Kier molecular flexibility index (Phi) is 6.09. The number of hydrazine groups is 1. The van der Waals surface area contributed by atoms with Crippen molar-refractivity contribution >= 4 is 40.3 Å². The number of hydrogen-bond acceptors (Lipinski definition) is 3. The molecule has 8 heteroatoms. The van der Waals surface area contributed by atoms with Crippen LogP contribution in [0, 0.1) is 5.82 Å². The average molecular weight is 328 g/mol. The van der Waals surface area contributed by atoms with Crippen LogP contribution in [0.15, 0.2) is 24.3 Å². The molecule has 4 N–H and O–H groups in total. The summed E-state index contributed by atoms with van der Waals surface area (Å²) in [5, 5.41) is 6.72. The van der Waals surface area contributed by atoms with Crippen LogP contribution in [0.4, 0.5) is 10.1 Å². The van der Waals surface area contributed by atoms with Crippen molar-refractivity contribution in [3.05, 3.63) is 30.1 Å². The normalized spacial score (nSPS) is 17.1. The van der Waals surface area contributed by atoms with E-state index in [1.165, 1.54) is 12.1 Å². The molecule has 0 radical (unpaired) electrons. The molecule has 0 spiro atoms. The molecule has 1 saturated heterocycles. The van der Waals surface area contributed by atoms with Crippen molar-refractivity contribution in [3.8, 4) is 0 Å². The molecule has 0 aromatic heterocycles. The molecule has 0 amide bonds. The molecule has 114 valence electrons. The molecule has 0 aliphatic carbocycles. The van der Waals surface area contributed by atoms with Crippen molar-refractivity contribution in [1.82, 2.24) is 16.2 Å². The van der Waals surface area contributed by atoms with E-state index in [4.69, 9.17) is 29.2 Å². The second kappa shape index (κ2) is 8.06. The van der Waals surface area contributed by atoms with Gasteiger partial charge in [0.1, 0.15) is 5.82 Å². The molecule has 1 heterocycles. The van der Waals surface area contributed by atoms with E-state index >= 15 is 0 Å². The highest BCUT2D eigenvalue weighted by atomic mass is 32.1. The van der Waals surface area contributed by atoms with Crippen LogP contribution in [0.2, 0.25) is 0 Å². The van der Waals surface area contributed by atoms with Crippen molar-refractivity contribution in [2.75, 3.05) is 18.5 Å². The van der Waals surface area contributed by atoms with Gasteiger partial charge in [-0.25, -0.2) is 4.39 Å². The lowest BCUT2D eigenvalue weighted by Crippen LogP contribution is -2.49. The number of nitrogens with one attached hydrogen (secondary N) is 4. The summed E-state index contributed by atoms with van der Waals surface area (Å²) in [5.74, 6) is -0.294. The molecule has 1 aromatic carbocycles. The molecule has 1 atom stereocenters. The van der Waals surface area contributed by atoms with E-state index in [1.807, 2.05) is 0 Å². The standard InChI is InChI=1S/C13H17FN4OS2/c14-9-3-5-10(6-4-9)16-13(21)18-17-12(20)15-8-11-2-1-7-19-11/h3-6,11H,1-2,7-8H2,(H2,15,17,20)(H2,16,18,21)/t11-/m0/s1. The number of benzene rings is 1. The first-order chi connectivity index (χ1) is 10.1. The van der Waals surface area contributed by atoms with Gasteiger partial charge < -0.3 is 15.4 Å². The van der Waals surface area contributed by atoms with E-state index in [-0.39, 0.29) is 11.9 Å². The largest absolute Gasteiger partial charge is 0.376 e. The number of rotatable bonds is 3. The van der Waals surface area contributed by atoms with E-state index in [2.05, 4.69) is 21.5 Å². The van der Waals surface area contributed by atoms with Crippen LogP contribution >= 0.6 is 24.4 Å². The predicted molar refractivity (Wildman–Crippen MR) is 88.5 cm³/mol. The molecular weight excluding hydrogens is 311 g/mol. The first kappa shape index (κ1) is 15.9. The van der Waals surface area contributed by atoms with Crippen molar-refractivity contribution in [2.24, 2.45) is 0 Å². The van der Waals surface area contributed by atoms with Gasteiger partial charge in [-0.1, -0.05) is 0 Å². The van der Waals surface area contributed by atoms with Gasteiger partial charge in [0.2, 0.25) is 0 Å². The quantitative estimate of drug-likeness (QED) is 0.497. The van der Waals surface area contributed by atoms with Crippen molar-refractivity contribution in [2.45, 2.75) is 18.9 Å². The minimum Gasteiger partial charge on any atom is -0.376 e. The van der Waals surface area contributed by atoms with Gasteiger partial charge >= 0.3 is 0 Å². The summed E-state index contributed by atoms with van der Waals surface area (Å²) >= 11 is 10.2. The highest BCUT2D eigenvalue weighted by Crippen LogP contribution is 2.10. The Bertz CT molecular complexity index is 491. The number of thiocarbonyl (C=S) groups is 2. The maximum atomic E-state index is 12.8. The number of anilines is 1. The van der Waals surface area contributed by atoms with Crippen LogP contribution in [-0.4, -0.2) is 29.5 Å². The molecule has 0 saturated carbocycles. The number of ether oxygens (including phenoxy) is 1. The first-order valence-corrected chi connectivity index (χ1v) is 7.43. The zero-order chi connectivity index (χ0) is 15.1. The fourth-order valence-corrected chi connectivity index (χ4v) is 2.17. The highest BCUT2D eigenvalue weighted by Gasteiger charge is 2.15. The van der Waals surface area contributed by atoms with E-state index in [1.54, 1.807) is 12.1 Å².